The number of aromatic nitrogens is 7. The summed E-state index contributed by atoms with van der Waals surface area (Å²) in [6.45, 7) is 10.8. The highest BCUT2D eigenvalue weighted by atomic mass is 15.5. The molecule has 0 aliphatic carbocycles. The normalized spacial score (nSPS) is 11.6. The van der Waals surface area contributed by atoms with E-state index < -0.39 is 0 Å². The molecule has 0 aliphatic rings. The summed E-state index contributed by atoms with van der Waals surface area (Å²) >= 11 is 0. The molecule has 0 N–H and O–H groups in total. The van der Waals surface area contributed by atoms with Crippen LogP contribution in [-0.4, -0.2) is 40.6 Å². The minimum Gasteiger partial charge on any atom is -0.265 e. The first-order valence-corrected chi connectivity index (χ1v) is 9.50. The Labute approximate surface area is 169 Å². The monoisotopic (exact) mass is 388 g/mol. The topological polar surface area (TPSA) is 78.7 Å². The second-order valence-electron chi connectivity index (χ2n) is 7.29. The molecule has 0 radical (unpaired) electrons. The van der Waals surface area contributed by atoms with Crippen molar-refractivity contribution in [3.63, 3.8) is 0 Å². The largest absolute Gasteiger partial charge is 0.273 e. The number of rotatable bonds is 5. The van der Waals surface area contributed by atoms with Crippen LogP contribution in [-0.2, 0) is 6.54 Å². The summed E-state index contributed by atoms with van der Waals surface area (Å²) in [5.41, 5.74) is 7.35. The van der Waals surface area contributed by atoms with Gasteiger partial charge in [-0.25, -0.2) is 4.68 Å². The van der Waals surface area contributed by atoms with Crippen LogP contribution in [0.3, 0.4) is 0 Å². The van der Waals surface area contributed by atoms with E-state index in [0.717, 1.165) is 34.9 Å². The van der Waals surface area contributed by atoms with E-state index in [2.05, 4.69) is 58.5 Å². The van der Waals surface area contributed by atoms with Gasteiger partial charge in [-0.05, 0) is 46.2 Å². The van der Waals surface area contributed by atoms with Gasteiger partial charge in [0.1, 0.15) is 6.33 Å². The summed E-state index contributed by atoms with van der Waals surface area (Å²) in [4.78, 5) is 0. The molecule has 0 bridgehead atoms. The molecule has 1 aromatic carbocycles. The Morgan fingerprint density at radius 2 is 1.76 bits per heavy atom. The van der Waals surface area contributed by atoms with Crippen LogP contribution in [0.15, 0.2) is 41.8 Å². The van der Waals surface area contributed by atoms with Crippen LogP contribution in [0, 0.1) is 34.6 Å². The first-order valence-electron chi connectivity index (χ1n) is 9.50. The van der Waals surface area contributed by atoms with E-state index in [4.69, 9.17) is 5.10 Å². The molecule has 0 fully saturated rings. The molecule has 0 saturated heterocycles. The lowest BCUT2D eigenvalue weighted by Crippen LogP contribution is -2.07. The van der Waals surface area contributed by atoms with Gasteiger partial charge in [0.05, 0.1) is 24.1 Å². The van der Waals surface area contributed by atoms with Crippen LogP contribution in [0.4, 0.5) is 0 Å². The molecule has 0 aliphatic heterocycles. The summed E-state index contributed by atoms with van der Waals surface area (Å²) in [5, 5.41) is 21.9. The van der Waals surface area contributed by atoms with E-state index in [9.17, 15) is 0 Å². The highest BCUT2D eigenvalue weighted by Gasteiger charge is 2.13. The van der Waals surface area contributed by atoms with Gasteiger partial charge in [0.15, 0.2) is 0 Å². The van der Waals surface area contributed by atoms with Crippen molar-refractivity contribution in [1.29, 1.82) is 0 Å². The molecule has 3 heterocycles. The van der Waals surface area contributed by atoms with Crippen molar-refractivity contribution in [3.05, 3.63) is 76.1 Å². The molecule has 4 aromatic rings. The average Bonchev–Trinajstić information content (AvgIpc) is 3.34. The Bertz CT molecular complexity index is 1170. The lowest BCUT2D eigenvalue weighted by molar-refractivity contribution is 0.659. The summed E-state index contributed by atoms with van der Waals surface area (Å²) in [5.74, 6) is 0.550. The lowest BCUT2D eigenvalue weighted by atomic mass is 10.1. The summed E-state index contributed by atoms with van der Waals surface area (Å²) in [6.07, 6.45) is 3.38. The molecule has 0 amide bonds. The molecule has 3 aromatic heterocycles. The zero-order chi connectivity index (χ0) is 20.5. The van der Waals surface area contributed by atoms with Gasteiger partial charge in [-0.15, -0.1) is 10.2 Å². The van der Waals surface area contributed by atoms with Gasteiger partial charge in [0, 0.05) is 17.0 Å². The van der Waals surface area contributed by atoms with Crippen molar-refractivity contribution >= 4 is 6.21 Å². The summed E-state index contributed by atoms with van der Waals surface area (Å²) < 4.78 is 5.37. The number of hydrogen-bond donors (Lipinski definition) is 0. The smallest absolute Gasteiger partial charge is 0.265 e. The predicted molar refractivity (Wildman–Crippen MR) is 112 cm³/mol. The number of aryl methyl sites for hydroxylation is 4. The van der Waals surface area contributed by atoms with Crippen LogP contribution in [0.5, 0.6) is 0 Å². The third kappa shape index (κ3) is 3.73. The fourth-order valence-corrected chi connectivity index (χ4v) is 3.31. The lowest BCUT2D eigenvalue weighted by Gasteiger charge is -2.05. The van der Waals surface area contributed by atoms with E-state index in [1.54, 1.807) is 15.7 Å². The Hall–Kier alpha value is -3.55. The molecule has 148 valence electrons. The maximum Gasteiger partial charge on any atom is 0.273 e. The average molecular weight is 388 g/mol. The SMILES string of the molecule is Cc1ccc(Cn2nc(C)c(/C=N\n3cnnc3-n3nc(C)cc3C)c2C)cc1. The van der Waals surface area contributed by atoms with Crippen molar-refractivity contribution in [2.45, 2.75) is 41.2 Å². The zero-order valence-corrected chi connectivity index (χ0v) is 17.3. The van der Waals surface area contributed by atoms with Gasteiger partial charge in [-0.2, -0.15) is 20.0 Å². The maximum atomic E-state index is 4.69. The van der Waals surface area contributed by atoms with E-state index in [-0.39, 0.29) is 0 Å². The van der Waals surface area contributed by atoms with E-state index in [1.165, 1.54) is 11.1 Å². The highest BCUT2D eigenvalue weighted by molar-refractivity contribution is 5.82. The third-order valence-electron chi connectivity index (χ3n) is 4.91. The molecule has 0 atom stereocenters. The second-order valence-corrected chi connectivity index (χ2v) is 7.29. The van der Waals surface area contributed by atoms with Crippen molar-refractivity contribution in [2.24, 2.45) is 5.10 Å². The number of benzene rings is 1. The van der Waals surface area contributed by atoms with Crippen molar-refractivity contribution in [3.8, 4) is 5.95 Å². The predicted octanol–water partition coefficient (Wildman–Crippen LogP) is 3.13. The Morgan fingerprint density at radius 3 is 2.45 bits per heavy atom. The van der Waals surface area contributed by atoms with Gasteiger partial charge in [0.2, 0.25) is 0 Å². The number of nitrogens with zero attached hydrogens (tertiary/aromatic N) is 8. The molecular formula is C21H24N8. The van der Waals surface area contributed by atoms with Gasteiger partial charge in [-0.1, -0.05) is 29.8 Å². The fraction of sp³-hybridized carbons (Fsp3) is 0.286. The van der Waals surface area contributed by atoms with Gasteiger partial charge >= 0.3 is 0 Å². The summed E-state index contributed by atoms with van der Waals surface area (Å²) in [7, 11) is 0. The zero-order valence-electron chi connectivity index (χ0n) is 17.3. The van der Waals surface area contributed by atoms with Crippen LogP contribution >= 0.6 is 0 Å². The minimum atomic E-state index is 0.550. The summed E-state index contributed by atoms with van der Waals surface area (Å²) in [6, 6.07) is 10.5. The molecule has 0 saturated carbocycles. The van der Waals surface area contributed by atoms with Gasteiger partial charge < -0.3 is 0 Å². The van der Waals surface area contributed by atoms with Crippen LogP contribution in [0.25, 0.3) is 5.95 Å². The van der Waals surface area contributed by atoms with E-state index in [0.29, 0.717) is 5.95 Å². The molecule has 0 unspecified atom stereocenters. The van der Waals surface area contributed by atoms with Gasteiger partial charge in [0.25, 0.3) is 5.95 Å². The molecule has 8 heteroatoms. The van der Waals surface area contributed by atoms with Crippen molar-refractivity contribution in [1.82, 2.24) is 34.4 Å². The molecule has 0 spiro atoms. The number of hydrogen-bond acceptors (Lipinski definition) is 5. The Kier molecular flexibility index (Phi) is 4.84. The van der Waals surface area contributed by atoms with Gasteiger partial charge in [-0.3, -0.25) is 4.68 Å². The third-order valence-corrected chi connectivity index (χ3v) is 4.91. The quantitative estimate of drug-likeness (QED) is 0.492. The Morgan fingerprint density at radius 1 is 1.00 bits per heavy atom. The Balaban J connectivity index is 1.62. The molecule has 29 heavy (non-hydrogen) atoms. The molecular weight excluding hydrogens is 364 g/mol. The standard InChI is InChI=1S/C21H24N8/c1-14-6-8-19(9-7-14)12-27-18(5)20(17(4)26-27)11-23-28-13-22-24-21(28)29-16(3)10-15(2)25-29/h6-11,13H,12H2,1-5H3/b23-11-. The first-order chi connectivity index (χ1) is 13.9. The van der Waals surface area contributed by atoms with Crippen molar-refractivity contribution < 1.29 is 0 Å². The van der Waals surface area contributed by atoms with E-state index >= 15 is 0 Å². The van der Waals surface area contributed by atoms with Crippen LogP contribution in [0.2, 0.25) is 0 Å². The van der Waals surface area contributed by atoms with Crippen LogP contribution in [0.1, 0.15) is 39.5 Å². The van der Waals surface area contributed by atoms with Crippen molar-refractivity contribution in [2.75, 3.05) is 0 Å². The maximum absolute atomic E-state index is 4.69. The second kappa shape index (κ2) is 7.46. The first kappa shape index (κ1) is 18.8. The molecule has 4 rings (SSSR count). The van der Waals surface area contributed by atoms with E-state index in [1.807, 2.05) is 37.7 Å². The molecule has 8 nitrogen and oxygen atoms in total. The van der Waals surface area contributed by atoms with Crippen LogP contribution < -0.4 is 0 Å². The minimum absolute atomic E-state index is 0.550. The fourth-order valence-electron chi connectivity index (χ4n) is 3.31. The highest BCUT2D eigenvalue weighted by Crippen LogP contribution is 2.14.